The number of halogens is 3. The third-order valence-electron chi connectivity index (χ3n) is 3.75. The van der Waals surface area contributed by atoms with Crippen LogP contribution in [0.2, 0.25) is 10.0 Å². The molecule has 9 heteroatoms. The summed E-state index contributed by atoms with van der Waals surface area (Å²) in [6, 6.07) is 8.08. The van der Waals surface area contributed by atoms with Crippen molar-refractivity contribution in [2.75, 3.05) is 5.73 Å². The SMILES string of the molecule is C=NN/C(=C\N)c1sc(-c2ccnc(F)c2)c(N)c1-c1ccc(Cl)cc1Cl. The number of nitrogen functional groups attached to an aromatic ring is 1. The van der Waals surface area contributed by atoms with E-state index >= 15 is 0 Å². The number of nitrogens with one attached hydrogen (secondary N) is 1. The van der Waals surface area contributed by atoms with Crippen LogP contribution in [0.1, 0.15) is 4.88 Å². The lowest BCUT2D eigenvalue weighted by Crippen LogP contribution is -2.05. The molecule has 5 nitrogen and oxygen atoms in total. The number of hydrogen-bond acceptors (Lipinski definition) is 6. The van der Waals surface area contributed by atoms with E-state index in [0.29, 0.717) is 47.9 Å². The summed E-state index contributed by atoms with van der Waals surface area (Å²) < 4.78 is 13.6. The molecule has 3 aromatic rings. The minimum atomic E-state index is -0.603. The summed E-state index contributed by atoms with van der Waals surface area (Å²) in [6.45, 7) is 3.42. The number of pyridine rings is 1. The first-order chi connectivity index (χ1) is 13.0. The maximum Gasteiger partial charge on any atom is 0.213 e. The fourth-order valence-corrected chi connectivity index (χ4v) is 4.31. The predicted molar refractivity (Wildman–Crippen MR) is 112 cm³/mol. The highest BCUT2D eigenvalue weighted by Crippen LogP contribution is 2.48. The number of benzene rings is 1. The number of hydrazone groups is 1. The molecule has 0 saturated heterocycles. The summed E-state index contributed by atoms with van der Waals surface area (Å²) in [4.78, 5) is 4.91. The highest BCUT2D eigenvalue weighted by Gasteiger charge is 2.23. The van der Waals surface area contributed by atoms with Crippen molar-refractivity contribution in [2.24, 2.45) is 10.8 Å². The van der Waals surface area contributed by atoms with Gasteiger partial charge >= 0.3 is 0 Å². The van der Waals surface area contributed by atoms with Crippen LogP contribution in [0.25, 0.3) is 27.3 Å². The van der Waals surface area contributed by atoms with E-state index in [-0.39, 0.29) is 0 Å². The lowest BCUT2D eigenvalue weighted by molar-refractivity contribution is 0.584. The zero-order valence-electron chi connectivity index (χ0n) is 13.8. The molecule has 0 atom stereocenters. The first-order valence-corrected chi connectivity index (χ1v) is 9.17. The molecule has 0 fully saturated rings. The third kappa shape index (κ3) is 3.75. The summed E-state index contributed by atoms with van der Waals surface area (Å²) in [5, 5.41) is 4.59. The van der Waals surface area contributed by atoms with Gasteiger partial charge in [-0.05, 0) is 23.8 Å². The molecule has 1 aromatic carbocycles. The minimum absolute atomic E-state index is 0.420. The lowest BCUT2D eigenvalue weighted by atomic mass is 10.0. The smallest absolute Gasteiger partial charge is 0.213 e. The molecule has 2 heterocycles. The van der Waals surface area contributed by atoms with Crippen LogP contribution in [0.5, 0.6) is 0 Å². The molecule has 3 rings (SSSR count). The van der Waals surface area contributed by atoms with E-state index in [4.69, 9.17) is 34.7 Å². The molecule has 0 unspecified atom stereocenters. The molecule has 27 heavy (non-hydrogen) atoms. The van der Waals surface area contributed by atoms with Gasteiger partial charge in [0.25, 0.3) is 0 Å². The van der Waals surface area contributed by atoms with Gasteiger partial charge in [0.15, 0.2) is 0 Å². The van der Waals surface area contributed by atoms with Gasteiger partial charge < -0.3 is 11.5 Å². The summed E-state index contributed by atoms with van der Waals surface area (Å²) in [5.41, 5.74) is 17.7. The Kier molecular flexibility index (Phi) is 5.65. The maximum atomic E-state index is 13.6. The van der Waals surface area contributed by atoms with E-state index in [1.165, 1.54) is 29.8 Å². The Hall–Kier alpha value is -2.61. The first kappa shape index (κ1) is 19.2. The van der Waals surface area contributed by atoms with Crippen molar-refractivity contribution in [1.29, 1.82) is 0 Å². The fourth-order valence-electron chi connectivity index (χ4n) is 2.60. The molecule has 0 amide bonds. The van der Waals surface area contributed by atoms with Crippen molar-refractivity contribution in [3.05, 3.63) is 63.6 Å². The molecule has 0 spiro atoms. The largest absolute Gasteiger partial charge is 0.403 e. The van der Waals surface area contributed by atoms with Gasteiger partial charge in [0.05, 0.1) is 26.2 Å². The van der Waals surface area contributed by atoms with Crippen molar-refractivity contribution in [1.82, 2.24) is 10.4 Å². The summed E-state index contributed by atoms with van der Waals surface area (Å²) >= 11 is 13.7. The second-order valence-corrected chi connectivity index (χ2v) is 7.25. The quantitative estimate of drug-likeness (QED) is 0.308. The molecule has 0 aliphatic rings. The van der Waals surface area contributed by atoms with Crippen LogP contribution >= 0.6 is 34.5 Å². The maximum absolute atomic E-state index is 13.6. The van der Waals surface area contributed by atoms with Crippen LogP contribution in [0.15, 0.2) is 47.8 Å². The fraction of sp³-hybridized carbons (Fsp3) is 0. The Bertz CT molecular complexity index is 1050. The molecule has 0 radical (unpaired) electrons. The Morgan fingerprint density at radius 1 is 1.30 bits per heavy atom. The zero-order valence-corrected chi connectivity index (χ0v) is 16.2. The average molecular weight is 422 g/mol. The molecular weight excluding hydrogens is 408 g/mol. The van der Waals surface area contributed by atoms with Crippen LogP contribution in [-0.4, -0.2) is 11.7 Å². The van der Waals surface area contributed by atoms with E-state index in [2.05, 4.69) is 22.2 Å². The molecular formula is C18H14Cl2FN5S. The second kappa shape index (κ2) is 7.96. The van der Waals surface area contributed by atoms with Crippen molar-refractivity contribution in [2.45, 2.75) is 0 Å². The van der Waals surface area contributed by atoms with Crippen LogP contribution in [0, 0.1) is 5.95 Å². The molecule has 0 aliphatic heterocycles. The number of aromatic nitrogens is 1. The van der Waals surface area contributed by atoms with Gasteiger partial charge in [-0.2, -0.15) is 9.49 Å². The number of nitrogens with two attached hydrogens (primary N) is 2. The van der Waals surface area contributed by atoms with Crippen molar-refractivity contribution >= 4 is 52.6 Å². The Balaban J connectivity index is 2.31. The monoisotopic (exact) mass is 421 g/mol. The number of anilines is 1. The van der Waals surface area contributed by atoms with E-state index < -0.39 is 5.95 Å². The van der Waals surface area contributed by atoms with Gasteiger partial charge in [0.1, 0.15) is 0 Å². The highest BCUT2D eigenvalue weighted by atomic mass is 35.5. The molecule has 5 N–H and O–H groups in total. The molecule has 0 bridgehead atoms. The number of thiophene rings is 1. The van der Waals surface area contributed by atoms with Gasteiger partial charge in [0.2, 0.25) is 5.95 Å². The Morgan fingerprint density at radius 3 is 2.70 bits per heavy atom. The van der Waals surface area contributed by atoms with Crippen LogP contribution < -0.4 is 16.9 Å². The van der Waals surface area contributed by atoms with Gasteiger partial charge in [-0.1, -0.05) is 29.3 Å². The van der Waals surface area contributed by atoms with E-state index in [0.717, 1.165) is 0 Å². The zero-order chi connectivity index (χ0) is 19.6. The van der Waals surface area contributed by atoms with Crippen molar-refractivity contribution in [3.63, 3.8) is 0 Å². The standard InChI is InChI=1S/C18H14Cl2FN5S/c1-24-26-13(8-22)18-15(11-3-2-10(19)7-12(11)20)16(23)17(27-18)9-4-5-25-14(21)6-9/h2-8,26H,1,22-23H2/b13-8-. The second-order valence-electron chi connectivity index (χ2n) is 5.39. The van der Waals surface area contributed by atoms with E-state index in [1.807, 2.05) is 0 Å². The number of nitrogens with zero attached hydrogens (tertiary/aromatic N) is 2. The van der Waals surface area contributed by atoms with Crippen LogP contribution in [0.3, 0.4) is 0 Å². The normalized spacial score (nSPS) is 11.4. The summed E-state index contributed by atoms with van der Waals surface area (Å²) in [6.07, 6.45) is 2.73. The molecule has 0 saturated carbocycles. The van der Waals surface area contributed by atoms with Crippen molar-refractivity contribution in [3.8, 4) is 21.6 Å². The lowest BCUT2D eigenvalue weighted by Gasteiger charge is -2.10. The van der Waals surface area contributed by atoms with Gasteiger partial charge in [-0.3, -0.25) is 5.43 Å². The van der Waals surface area contributed by atoms with E-state index in [9.17, 15) is 4.39 Å². The average Bonchev–Trinajstić information content (AvgIpc) is 2.97. The molecule has 138 valence electrons. The number of hydrogen-bond donors (Lipinski definition) is 3. The van der Waals surface area contributed by atoms with Crippen LogP contribution in [-0.2, 0) is 0 Å². The number of rotatable bonds is 5. The van der Waals surface area contributed by atoms with E-state index in [1.54, 1.807) is 24.3 Å². The summed E-state index contributed by atoms with van der Waals surface area (Å²) in [7, 11) is 0. The van der Waals surface area contributed by atoms with Gasteiger partial charge in [-0.25, -0.2) is 4.98 Å². The predicted octanol–water partition coefficient (Wildman–Crippen LogP) is 4.97. The Morgan fingerprint density at radius 2 is 2.07 bits per heavy atom. The third-order valence-corrected chi connectivity index (χ3v) is 5.58. The topological polar surface area (TPSA) is 89.3 Å². The first-order valence-electron chi connectivity index (χ1n) is 7.59. The van der Waals surface area contributed by atoms with Crippen molar-refractivity contribution < 1.29 is 4.39 Å². The van der Waals surface area contributed by atoms with Gasteiger partial charge in [-0.15, -0.1) is 11.3 Å². The molecule has 0 aliphatic carbocycles. The minimum Gasteiger partial charge on any atom is -0.403 e. The van der Waals surface area contributed by atoms with Crippen LogP contribution in [0.4, 0.5) is 10.1 Å². The highest BCUT2D eigenvalue weighted by molar-refractivity contribution is 7.18. The molecule has 2 aromatic heterocycles. The Labute approximate surface area is 169 Å². The summed E-state index contributed by atoms with van der Waals surface area (Å²) in [5.74, 6) is -0.603. The van der Waals surface area contributed by atoms with Gasteiger partial charge in [0, 0.05) is 41.3 Å².